The van der Waals surface area contributed by atoms with Gasteiger partial charge < -0.3 is 9.84 Å². The van der Waals surface area contributed by atoms with Crippen LogP contribution >= 0.6 is 0 Å². The smallest absolute Gasteiger partial charge is 0.123 e. The molecule has 1 N–H and O–H groups in total. The van der Waals surface area contributed by atoms with E-state index in [2.05, 4.69) is 0 Å². The molecule has 0 aliphatic carbocycles. The van der Waals surface area contributed by atoms with Crippen molar-refractivity contribution in [2.24, 2.45) is 0 Å². The van der Waals surface area contributed by atoms with Crippen molar-refractivity contribution in [2.75, 3.05) is 7.11 Å². The molecule has 1 rings (SSSR count). The van der Waals surface area contributed by atoms with Gasteiger partial charge in [-0.25, -0.2) is 4.39 Å². The van der Waals surface area contributed by atoms with Crippen LogP contribution < -0.4 is 0 Å². The minimum absolute atomic E-state index is 0.276. The zero-order valence-electron chi connectivity index (χ0n) is 10.2. The molecule has 0 saturated heterocycles. The molecule has 16 heavy (non-hydrogen) atoms. The summed E-state index contributed by atoms with van der Waals surface area (Å²) in [5.41, 5.74) is 0.798. The van der Waals surface area contributed by atoms with E-state index in [4.69, 9.17) is 4.74 Å². The molecule has 0 bridgehead atoms. The average molecular weight is 226 g/mol. The van der Waals surface area contributed by atoms with Crippen molar-refractivity contribution in [3.05, 3.63) is 35.1 Å². The Kier molecular flexibility index (Phi) is 4.05. The Morgan fingerprint density at radius 3 is 2.69 bits per heavy atom. The third-order valence-corrected chi connectivity index (χ3v) is 3.09. The van der Waals surface area contributed by atoms with Gasteiger partial charge in [0.15, 0.2) is 0 Å². The lowest BCUT2D eigenvalue weighted by Crippen LogP contribution is -2.40. The van der Waals surface area contributed by atoms with Gasteiger partial charge in [0, 0.05) is 13.5 Å². The highest BCUT2D eigenvalue weighted by Crippen LogP contribution is 2.21. The highest BCUT2D eigenvalue weighted by atomic mass is 19.1. The van der Waals surface area contributed by atoms with Gasteiger partial charge in [0.05, 0.1) is 11.7 Å². The number of hydrogen-bond acceptors (Lipinski definition) is 2. The first kappa shape index (κ1) is 13.1. The zero-order chi connectivity index (χ0) is 12.3. The van der Waals surface area contributed by atoms with Crippen LogP contribution in [0.5, 0.6) is 0 Å². The largest absolute Gasteiger partial charge is 0.387 e. The summed E-state index contributed by atoms with van der Waals surface area (Å²) in [6.45, 7) is 5.41. The van der Waals surface area contributed by atoms with Gasteiger partial charge in [-0.05, 0) is 44.0 Å². The van der Waals surface area contributed by atoms with E-state index in [1.165, 1.54) is 12.1 Å². The summed E-state index contributed by atoms with van der Waals surface area (Å²) >= 11 is 0. The Morgan fingerprint density at radius 1 is 1.50 bits per heavy atom. The second-order valence-corrected chi connectivity index (χ2v) is 4.48. The molecule has 2 atom stereocenters. The lowest BCUT2D eigenvalue weighted by molar-refractivity contribution is -0.0716. The van der Waals surface area contributed by atoms with Gasteiger partial charge in [-0.3, -0.25) is 0 Å². The molecule has 90 valence electrons. The third-order valence-electron chi connectivity index (χ3n) is 3.09. The Balaban J connectivity index is 2.91. The summed E-state index contributed by atoms with van der Waals surface area (Å²) in [7, 11) is 1.55. The molecule has 2 unspecified atom stereocenters. The molecule has 0 heterocycles. The lowest BCUT2D eigenvalue weighted by atomic mass is 9.89. The first-order valence-electron chi connectivity index (χ1n) is 5.37. The van der Waals surface area contributed by atoms with E-state index in [0.29, 0.717) is 6.42 Å². The average Bonchev–Trinajstić information content (AvgIpc) is 2.22. The predicted octanol–water partition coefficient (Wildman–Crippen LogP) is 2.46. The van der Waals surface area contributed by atoms with E-state index < -0.39 is 5.60 Å². The second kappa shape index (κ2) is 4.93. The number of halogens is 1. The first-order valence-corrected chi connectivity index (χ1v) is 5.37. The molecule has 0 aliphatic rings. The summed E-state index contributed by atoms with van der Waals surface area (Å²) in [4.78, 5) is 0. The molecule has 0 saturated carbocycles. The highest BCUT2D eigenvalue weighted by Gasteiger charge is 2.29. The van der Waals surface area contributed by atoms with Gasteiger partial charge >= 0.3 is 0 Å². The fourth-order valence-electron chi connectivity index (χ4n) is 1.61. The maximum atomic E-state index is 13.1. The minimum atomic E-state index is -0.993. The summed E-state index contributed by atoms with van der Waals surface area (Å²) < 4.78 is 18.2. The van der Waals surface area contributed by atoms with Crippen LogP contribution in [0, 0.1) is 12.7 Å². The van der Waals surface area contributed by atoms with E-state index >= 15 is 0 Å². The van der Waals surface area contributed by atoms with Gasteiger partial charge in [-0.15, -0.1) is 0 Å². The van der Waals surface area contributed by atoms with Crippen LogP contribution in [0.1, 0.15) is 25.0 Å². The van der Waals surface area contributed by atoms with Crippen LogP contribution in [0.15, 0.2) is 18.2 Å². The van der Waals surface area contributed by atoms with Crippen molar-refractivity contribution in [2.45, 2.75) is 38.9 Å². The zero-order valence-corrected chi connectivity index (χ0v) is 10.2. The predicted molar refractivity (Wildman–Crippen MR) is 61.9 cm³/mol. The fraction of sp³-hybridized carbons (Fsp3) is 0.538. The molecule has 0 fully saturated rings. The number of aryl methyl sites for hydroxylation is 1. The molecule has 0 aliphatic heterocycles. The van der Waals surface area contributed by atoms with Crippen molar-refractivity contribution in [1.82, 2.24) is 0 Å². The van der Waals surface area contributed by atoms with E-state index in [0.717, 1.165) is 11.1 Å². The van der Waals surface area contributed by atoms with Crippen molar-refractivity contribution >= 4 is 0 Å². The molecule has 0 radical (unpaired) electrons. The van der Waals surface area contributed by atoms with Gasteiger partial charge in [0.25, 0.3) is 0 Å². The normalized spacial score (nSPS) is 16.9. The number of aliphatic hydroxyl groups is 1. The molecular formula is C13H19FO2. The van der Waals surface area contributed by atoms with Crippen LogP contribution in [-0.2, 0) is 11.2 Å². The third kappa shape index (κ3) is 3.03. The van der Waals surface area contributed by atoms with Crippen molar-refractivity contribution in [3.63, 3.8) is 0 Å². The molecule has 1 aromatic rings. The minimum Gasteiger partial charge on any atom is -0.387 e. The lowest BCUT2D eigenvalue weighted by Gasteiger charge is -2.29. The number of methoxy groups -OCH3 is 1. The van der Waals surface area contributed by atoms with Gasteiger partial charge in [-0.2, -0.15) is 0 Å². The van der Waals surface area contributed by atoms with Crippen molar-refractivity contribution < 1.29 is 14.2 Å². The van der Waals surface area contributed by atoms with Crippen molar-refractivity contribution in [1.29, 1.82) is 0 Å². The van der Waals surface area contributed by atoms with E-state index in [1.807, 2.05) is 6.92 Å². The number of ether oxygens (including phenoxy) is 1. The number of benzene rings is 1. The molecule has 0 spiro atoms. The SMILES string of the molecule is COC(C)C(C)(O)Cc1cc(F)ccc1C. The van der Waals surface area contributed by atoms with E-state index in [9.17, 15) is 9.50 Å². The molecule has 2 nitrogen and oxygen atoms in total. The molecule has 3 heteroatoms. The van der Waals surface area contributed by atoms with Gasteiger partial charge in [0.1, 0.15) is 5.82 Å². The van der Waals surface area contributed by atoms with Crippen molar-refractivity contribution in [3.8, 4) is 0 Å². The van der Waals surface area contributed by atoms with Gasteiger partial charge in [-0.1, -0.05) is 6.07 Å². The van der Waals surface area contributed by atoms with E-state index in [1.54, 1.807) is 27.0 Å². The Bertz CT molecular complexity index is 361. The number of rotatable bonds is 4. The maximum absolute atomic E-state index is 13.1. The second-order valence-electron chi connectivity index (χ2n) is 4.48. The summed E-state index contributed by atoms with van der Waals surface area (Å²) in [6.07, 6.45) is 0.0844. The Hall–Kier alpha value is -0.930. The quantitative estimate of drug-likeness (QED) is 0.854. The highest BCUT2D eigenvalue weighted by molar-refractivity contribution is 5.28. The van der Waals surface area contributed by atoms with Crippen LogP contribution in [0.25, 0.3) is 0 Å². The summed E-state index contributed by atoms with van der Waals surface area (Å²) in [5, 5.41) is 10.2. The standard InChI is InChI=1S/C13H19FO2/c1-9-5-6-12(14)7-11(9)8-13(3,15)10(2)16-4/h5-7,10,15H,8H2,1-4H3. The van der Waals surface area contributed by atoms with Crippen LogP contribution in [-0.4, -0.2) is 23.9 Å². The molecule has 1 aromatic carbocycles. The summed E-state index contributed by atoms with van der Waals surface area (Å²) in [6, 6.07) is 4.61. The van der Waals surface area contributed by atoms with Crippen LogP contribution in [0.3, 0.4) is 0 Å². The van der Waals surface area contributed by atoms with Gasteiger partial charge in [0.2, 0.25) is 0 Å². The Labute approximate surface area is 96.1 Å². The Morgan fingerprint density at radius 2 is 2.12 bits per heavy atom. The fourth-order valence-corrected chi connectivity index (χ4v) is 1.61. The molecular weight excluding hydrogens is 207 g/mol. The van der Waals surface area contributed by atoms with E-state index in [-0.39, 0.29) is 11.9 Å². The summed E-state index contributed by atoms with van der Waals surface area (Å²) in [5.74, 6) is -0.276. The number of hydrogen-bond donors (Lipinski definition) is 1. The topological polar surface area (TPSA) is 29.5 Å². The molecule has 0 amide bonds. The van der Waals surface area contributed by atoms with Crippen LogP contribution in [0.4, 0.5) is 4.39 Å². The maximum Gasteiger partial charge on any atom is 0.123 e. The molecule has 0 aromatic heterocycles. The van der Waals surface area contributed by atoms with Crippen LogP contribution in [0.2, 0.25) is 0 Å². The monoisotopic (exact) mass is 226 g/mol. The first-order chi connectivity index (χ1) is 7.36.